The minimum Gasteiger partial charge on any atom is -0.480 e. The van der Waals surface area contributed by atoms with E-state index in [4.69, 9.17) is 21.1 Å². The number of nitrogens with one attached hydrogen (secondary N) is 1. The molecule has 0 unspecified atom stereocenters. The molecule has 1 amide bonds. The van der Waals surface area contributed by atoms with E-state index in [2.05, 4.69) is 15.3 Å². The van der Waals surface area contributed by atoms with Crippen LogP contribution in [-0.2, 0) is 0 Å². The summed E-state index contributed by atoms with van der Waals surface area (Å²) in [7, 11) is 1.44. The fraction of sp³-hybridized carbons (Fsp3) is 0.389. The van der Waals surface area contributed by atoms with Gasteiger partial charge in [-0.05, 0) is 37.5 Å². The highest BCUT2D eigenvalue weighted by Crippen LogP contribution is 2.32. The maximum atomic E-state index is 12.9. The van der Waals surface area contributed by atoms with Gasteiger partial charge in [-0.3, -0.25) is 4.79 Å². The first-order valence-corrected chi connectivity index (χ1v) is 8.87. The molecule has 0 aliphatic carbocycles. The molecule has 1 aromatic carbocycles. The van der Waals surface area contributed by atoms with E-state index < -0.39 is 6.86 Å². The molecule has 0 saturated carbocycles. The van der Waals surface area contributed by atoms with Gasteiger partial charge in [0.2, 0.25) is 18.7 Å². The van der Waals surface area contributed by atoms with Crippen LogP contribution in [0.3, 0.4) is 0 Å². The number of carbonyl (C=O) groups is 1. The van der Waals surface area contributed by atoms with Gasteiger partial charge in [0.25, 0.3) is 5.91 Å². The smallest absolute Gasteiger partial charge is 0.254 e. The van der Waals surface area contributed by atoms with E-state index in [0.29, 0.717) is 11.3 Å². The average molecular weight is 395 g/mol. The second-order valence-corrected chi connectivity index (χ2v) is 6.50. The molecule has 0 bridgehead atoms. The SMILES string of the molecule is COc1nc(Nc2cc(C)c(C(=O)N3CCCC3)cc2OCF)ncc1Cl. The Bertz CT molecular complexity index is 844. The molecule has 27 heavy (non-hydrogen) atoms. The summed E-state index contributed by atoms with van der Waals surface area (Å²) in [6.45, 7) is 2.25. The second-order valence-electron chi connectivity index (χ2n) is 6.09. The van der Waals surface area contributed by atoms with Crippen molar-refractivity contribution >= 4 is 29.1 Å². The van der Waals surface area contributed by atoms with Crippen LogP contribution in [0.25, 0.3) is 0 Å². The van der Waals surface area contributed by atoms with Gasteiger partial charge in [-0.1, -0.05) is 11.6 Å². The molecule has 3 rings (SSSR count). The number of aryl methyl sites for hydroxylation is 1. The summed E-state index contributed by atoms with van der Waals surface area (Å²) in [4.78, 5) is 22.7. The van der Waals surface area contributed by atoms with Crippen molar-refractivity contribution in [2.24, 2.45) is 0 Å². The number of halogens is 2. The number of aromatic nitrogens is 2. The first-order chi connectivity index (χ1) is 13.0. The van der Waals surface area contributed by atoms with Crippen LogP contribution < -0.4 is 14.8 Å². The normalized spacial score (nSPS) is 13.6. The van der Waals surface area contributed by atoms with E-state index in [1.165, 1.54) is 13.3 Å². The van der Waals surface area contributed by atoms with Crippen LogP contribution in [0.2, 0.25) is 5.02 Å². The molecule has 0 radical (unpaired) electrons. The summed E-state index contributed by atoms with van der Waals surface area (Å²) in [5.74, 6) is 0.533. The number of benzene rings is 1. The molecule has 1 aromatic heterocycles. The summed E-state index contributed by atoms with van der Waals surface area (Å²) in [6, 6.07) is 3.25. The second kappa shape index (κ2) is 8.39. The molecule has 2 heterocycles. The first-order valence-electron chi connectivity index (χ1n) is 8.49. The van der Waals surface area contributed by atoms with Crippen molar-refractivity contribution in [2.45, 2.75) is 19.8 Å². The Hall–Kier alpha value is -2.61. The van der Waals surface area contributed by atoms with Crippen molar-refractivity contribution in [3.63, 3.8) is 0 Å². The fourth-order valence-electron chi connectivity index (χ4n) is 2.96. The van der Waals surface area contributed by atoms with Gasteiger partial charge in [0.05, 0.1) is 19.0 Å². The summed E-state index contributed by atoms with van der Waals surface area (Å²) in [5.41, 5.74) is 1.66. The van der Waals surface area contributed by atoms with Crippen LogP contribution in [0.1, 0.15) is 28.8 Å². The van der Waals surface area contributed by atoms with Crippen LogP contribution in [0, 0.1) is 6.92 Å². The third-order valence-corrected chi connectivity index (χ3v) is 4.57. The van der Waals surface area contributed by atoms with Gasteiger partial charge in [-0.25, -0.2) is 9.37 Å². The Morgan fingerprint density at radius 2 is 2.11 bits per heavy atom. The highest BCUT2D eigenvalue weighted by Gasteiger charge is 2.23. The molecule has 1 aliphatic rings. The van der Waals surface area contributed by atoms with E-state index in [0.717, 1.165) is 31.5 Å². The lowest BCUT2D eigenvalue weighted by Crippen LogP contribution is -2.28. The number of nitrogens with zero attached hydrogens (tertiary/aromatic N) is 3. The molecule has 1 N–H and O–H groups in total. The summed E-state index contributed by atoms with van der Waals surface area (Å²) < 4.78 is 23.0. The predicted molar refractivity (Wildman–Crippen MR) is 99.8 cm³/mol. The van der Waals surface area contributed by atoms with Gasteiger partial charge >= 0.3 is 0 Å². The van der Waals surface area contributed by atoms with Crippen molar-refractivity contribution in [1.29, 1.82) is 0 Å². The lowest BCUT2D eigenvalue weighted by Gasteiger charge is -2.19. The number of methoxy groups -OCH3 is 1. The zero-order valence-corrected chi connectivity index (χ0v) is 15.8. The number of anilines is 2. The molecule has 1 aliphatic heterocycles. The summed E-state index contributed by atoms with van der Waals surface area (Å²) in [6.07, 6.45) is 3.38. The first kappa shape index (κ1) is 19.2. The average Bonchev–Trinajstić information content (AvgIpc) is 3.19. The Kier molecular flexibility index (Phi) is 5.95. The van der Waals surface area contributed by atoms with Crippen molar-refractivity contribution in [2.75, 3.05) is 32.4 Å². The van der Waals surface area contributed by atoms with Gasteiger partial charge in [-0.2, -0.15) is 4.98 Å². The van der Waals surface area contributed by atoms with Gasteiger partial charge < -0.3 is 19.7 Å². The highest BCUT2D eigenvalue weighted by atomic mass is 35.5. The number of hydrogen-bond donors (Lipinski definition) is 1. The number of amides is 1. The van der Waals surface area contributed by atoms with Crippen molar-refractivity contribution in [3.8, 4) is 11.6 Å². The zero-order chi connectivity index (χ0) is 19.4. The number of ether oxygens (including phenoxy) is 2. The predicted octanol–water partition coefficient (Wildman–Crippen LogP) is 3.73. The van der Waals surface area contributed by atoms with Gasteiger partial charge in [0, 0.05) is 18.7 Å². The van der Waals surface area contributed by atoms with Crippen LogP contribution in [-0.4, -0.2) is 47.8 Å². The maximum absolute atomic E-state index is 12.9. The lowest BCUT2D eigenvalue weighted by molar-refractivity contribution is 0.0791. The molecule has 0 atom stereocenters. The van der Waals surface area contributed by atoms with Gasteiger partial charge in [-0.15, -0.1) is 0 Å². The van der Waals surface area contributed by atoms with Crippen molar-refractivity contribution < 1.29 is 18.7 Å². The number of likely N-dealkylation sites (tertiary alicyclic amines) is 1. The third kappa shape index (κ3) is 4.21. The third-order valence-electron chi connectivity index (χ3n) is 4.31. The van der Waals surface area contributed by atoms with E-state index in [9.17, 15) is 9.18 Å². The van der Waals surface area contributed by atoms with Crippen molar-refractivity contribution in [1.82, 2.24) is 14.9 Å². The zero-order valence-electron chi connectivity index (χ0n) is 15.1. The number of carbonyl (C=O) groups excluding carboxylic acids is 1. The quantitative estimate of drug-likeness (QED) is 0.804. The molecule has 1 saturated heterocycles. The van der Waals surface area contributed by atoms with Crippen LogP contribution in [0.4, 0.5) is 16.0 Å². The summed E-state index contributed by atoms with van der Waals surface area (Å²) >= 11 is 5.93. The molecular weight excluding hydrogens is 375 g/mol. The van der Waals surface area contributed by atoms with E-state index in [1.54, 1.807) is 17.0 Å². The number of alkyl halides is 1. The van der Waals surface area contributed by atoms with Crippen LogP contribution in [0.5, 0.6) is 11.6 Å². The Morgan fingerprint density at radius 1 is 1.37 bits per heavy atom. The van der Waals surface area contributed by atoms with Gasteiger partial charge in [0.15, 0.2) is 0 Å². The lowest BCUT2D eigenvalue weighted by atomic mass is 10.1. The largest absolute Gasteiger partial charge is 0.480 e. The minimum absolute atomic E-state index is 0.0790. The van der Waals surface area contributed by atoms with Crippen molar-refractivity contribution in [3.05, 3.63) is 34.5 Å². The molecule has 2 aromatic rings. The molecule has 9 heteroatoms. The number of rotatable bonds is 6. The highest BCUT2D eigenvalue weighted by molar-refractivity contribution is 6.31. The monoisotopic (exact) mass is 394 g/mol. The molecule has 0 spiro atoms. The van der Waals surface area contributed by atoms with Crippen LogP contribution in [0.15, 0.2) is 18.3 Å². The maximum Gasteiger partial charge on any atom is 0.254 e. The fourth-order valence-corrected chi connectivity index (χ4v) is 3.13. The minimum atomic E-state index is -1.03. The molecule has 1 fully saturated rings. The van der Waals surface area contributed by atoms with E-state index in [1.807, 2.05) is 6.92 Å². The molecular formula is C18H20ClFN4O3. The van der Waals surface area contributed by atoms with E-state index in [-0.39, 0.29) is 28.5 Å². The van der Waals surface area contributed by atoms with Crippen LogP contribution >= 0.6 is 11.6 Å². The Balaban J connectivity index is 1.93. The Morgan fingerprint density at radius 3 is 2.78 bits per heavy atom. The molecule has 7 nitrogen and oxygen atoms in total. The number of hydrogen-bond acceptors (Lipinski definition) is 6. The summed E-state index contributed by atoms with van der Waals surface area (Å²) in [5, 5.41) is 3.23. The standard InChI is InChI=1S/C18H20ClFN4O3/c1-11-7-14(22-18-21-9-13(19)16(23-18)26-2)15(27-10-20)8-12(11)17(25)24-5-3-4-6-24/h7-9H,3-6,10H2,1-2H3,(H,21,22,23). The Labute approximate surface area is 161 Å². The molecule has 144 valence electrons. The van der Waals surface area contributed by atoms with Gasteiger partial charge in [0.1, 0.15) is 10.8 Å². The van der Waals surface area contributed by atoms with E-state index >= 15 is 0 Å². The topological polar surface area (TPSA) is 76.6 Å².